The van der Waals surface area contributed by atoms with Crippen molar-refractivity contribution in [1.29, 1.82) is 0 Å². The van der Waals surface area contributed by atoms with Gasteiger partial charge in [0.05, 0.1) is 0 Å². The molecule has 0 radical (unpaired) electrons. The summed E-state index contributed by atoms with van der Waals surface area (Å²) < 4.78 is 16.8. The second-order valence-corrected chi connectivity index (χ2v) is 18.8. The monoisotopic (exact) mass is 995 g/mol. The number of hydrogen-bond donors (Lipinski definition) is 0. The van der Waals surface area contributed by atoms with Gasteiger partial charge in [-0.2, -0.15) is 0 Å². The Morgan fingerprint density at radius 1 is 0.292 bits per heavy atom. The van der Waals surface area contributed by atoms with Crippen molar-refractivity contribution >= 4 is 17.9 Å². The highest BCUT2D eigenvalue weighted by Crippen LogP contribution is 2.13. The van der Waals surface area contributed by atoms with Crippen molar-refractivity contribution in [1.82, 2.24) is 0 Å². The second kappa shape index (κ2) is 59.1. The van der Waals surface area contributed by atoms with Crippen LogP contribution in [-0.2, 0) is 28.6 Å². The fourth-order valence-electron chi connectivity index (χ4n) is 7.55. The molecule has 0 rings (SSSR count). The molecule has 0 aromatic carbocycles. The van der Waals surface area contributed by atoms with Gasteiger partial charge in [0, 0.05) is 19.3 Å². The summed E-state index contributed by atoms with van der Waals surface area (Å²) in [4.78, 5) is 38.2. The number of hydrogen-bond acceptors (Lipinski definition) is 6. The molecule has 0 N–H and O–H groups in total. The van der Waals surface area contributed by atoms with Crippen molar-refractivity contribution in [3.63, 3.8) is 0 Å². The first-order chi connectivity index (χ1) is 35.5. The number of esters is 3. The van der Waals surface area contributed by atoms with Crippen LogP contribution in [0, 0.1) is 0 Å². The molecule has 0 aliphatic heterocycles. The first-order valence-corrected chi connectivity index (χ1v) is 29.2. The molecule has 0 aromatic rings. The largest absolute Gasteiger partial charge is 0.462 e. The molecule has 6 nitrogen and oxygen atoms in total. The van der Waals surface area contributed by atoms with E-state index in [1.165, 1.54) is 57.8 Å². The lowest BCUT2D eigenvalue weighted by molar-refractivity contribution is -0.167. The lowest BCUT2D eigenvalue weighted by atomic mass is 10.1. The summed E-state index contributed by atoms with van der Waals surface area (Å²) in [6.07, 6.45) is 83.0. The van der Waals surface area contributed by atoms with Crippen LogP contribution in [0.4, 0.5) is 0 Å². The van der Waals surface area contributed by atoms with Gasteiger partial charge in [0.1, 0.15) is 13.2 Å². The van der Waals surface area contributed by atoms with Gasteiger partial charge in [-0.05, 0) is 135 Å². The van der Waals surface area contributed by atoms with E-state index in [0.717, 1.165) is 148 Å². The van der Waals surface area contributed by atoms with Crippen LogP contribution in [0.3, 0.4) is 0 Å². The van der Waals surface area contributed by atoms with E-state index in [-0.39, 0.29) is 31.1 Å². The van der Waals surface area contributed by atoms with E-state index < -0.39 is 6.10 Å². The molecule has 406 valence electrons. The number of rotatable bonds is 51. The summed E-state index contributed by atoms with van der Waals surface area (Å²) >= 11 is 0. The maximum atomic E-state index is 12.9. The zero-order chi connectivity index (χ0) is 52.2. The summed E-state index contributed by atoms with van der Waals surface area (Å²) in [5.74, 6) is -0.972. The van der Waals surface area contributed by atoms with Crippen molar-refractivity contribution in [2.24, 2.45) is 0 Å². The topological polar surface area (TPSA) is 78.9 Å². The lowest BCUT2D eigenvalue weighted by Crippen LogP contribution is -2.30. The molecule has 0 fully saturated rings. The molecule has 0 saturated carbocycles. The molecule has 0 spiro atoms. The molecule has 6 heteroatoms. The van der Waals surface area contributed by atoms with Gasteiger partial charge < -0.3 is 14.2 Å². The van der Waals surface area contributed by atoms with Gasteiger partial charge in [-0.3, -0.25) is 14.4 Å². The minimum absolute atomic E-state index is 0.109. The van der Waals surface area contributed by atoms with Crippen LogP contribution in [0.2, 0.25) is 0 Å². The number of unbranched alkanes of at least 4 members (excludes halogenated alkanes) is 18. The fraction of sp³-hybridized carbons (Fsp3) is 0.621. The lowest BCUT2D eigenvalue weighted by Gasteiger charge is -2.18. The Balaban J connectivity index is 4.47. The normalized spacial score (nSPS) is 13.1. The molecular formula is C66H106O6. The van der Waals surface area contributed by atoms with Gasteiger partial charge in [-0.1, -0.05) is 225 Å². The Kier molecular flexibility index (Phi) is 55.5. The first-order valence-electron chi connectivity index (χ1n) is 29.2. The van der Waals surface area contributed by atoms with Crippen molar-refractivity contribution in [2.75, 3.05) is 13.2 Å². The highest BCUT2D eigenvalue weighted by molar-refractivity contribution is 5.71. The van der Waals surface area contributed by atoms with Gasteiger partial charge in [-0.25, -0.2) is 0 Å². The van der Waals surface area contributed by atoms with Gasteiger partial charge in [0.25, 0.3) is 0 Å². The maximum Gasteiger partial charge on any atom is 0.306 e. The van der Waals surface area contributed by atoms with Crippen molar-refractivity contribution in [3.8, 4) is 0 Å². The van der Waals surface area contributed by atoms with Gasteiger partial charge in [0.15, 0.2) is 6.10 Å². The molecule has 0 aliphatic carbocycles. The fourth-order valence-corrected chi connectivity index (χ4v) is 7.55. The second-order valence-electron chi connectivity index (χ2n) is 18.8. The summed E-state index contributed by atoms with van der Waals surface area (Å²) in [6, 6.07) is 0. The summed E-state index contributed by atoms with van der Waals surface area (Å²) in [5.41, 5.74) is 0. The number of carbonyl (C=O) groups is 3. The van der Waals surface area contributed by atoms with Gasteiger partial charge in [0.2, 0.25) is 0 Å². The number of carbonyl (C=O) groups excluding carboxylic acids is 3. The SMILES string of the molecule is CC/C=C\C/C=C\C/C=C\C/C=C\C/C=C\C/C=C\CCCCCCC(=O)OCC(COC(=O)CCCCC/C=C\C/C=C\C/C=C\CC)OC(=O)CCCCCCCCC/C=C\C/C=C\CCCCCC. The third-order valence-corrected chi connectivity index (χ3v) is 11.9. The first kappa shape index (κ1) is 67.5. The van der Waals surface area contributed by atoms with E-state index in [4.69, 9.17) is 14.2 Å². The minimum Gasteiger partial charge on any atom is -0.462 e. The highest BCUT2D eigenvalue weighted by Gasteiger charge is 2.19. The van der Waals surface area contributed by atoms with Gasteiger partial charge in [-0.15, -0.1) is 0 Å². The molecule has 0 aliphatic rings. The Hall–Kier alpha value is -4.45. The number of ether oxygens (including phenoxy) is 3. The van der Waals surface area contributed by atoms with Crippen LogP contribution >= 0.6 is 0 Å². The van der Waals surface area contributed by atoms with Crippen molar-refractivity contribution < 1.29 is 28.6 Å². The third kappa shape index (κ3) is 56.5. The van der Waals surface area contributed by atoms with E-state index >= 15 is 0 Å². The molecule has 0 amide bonds. The van der Waals surface area contributed by atoms with Crippen LogP contribution in [0.25, 0.3) is 0 Å². The minimum atomic E-state index is -0.811. The van der Waals surface area contributed by atoms with E-state index in [9.17, 15) is 14.4 Å². The summed E-state index contributed by atoms with van der Waals surface area (Å²) in [5, 5.41) is 0. The predicted octanol–water partition coefficient (Wildman–Crippen LogP) is 19.8. The van der Waals surface area contributed by atoms with E-state index in [1.54, 1.807) is 0 Å². The Morgan fingerprint density at radius 2 is 0.542 bits per heavy atom. The summed E-state index contributed by atoms with van der Waals surface area (Å²) in [7, 11) is 0. The summed E-state index contributed by atoms with van der Waals surface area (Å²) in [6.45, 7) is 6.33. The average molecular weight is 996 g/mol. The Bertz CT molecular complexity index is 1560. The van der Waals surface area contributed by atoms with Crippen LogP contribution in [-0.4, -0.2) is 37.2 Å². The molecule has 0 saturated heterocycles. The molecule has 0 heterocycles. The Labute approximate surface area is 443 Å². The van der Waals surface area contributed by atoms with Crippen LogP contribution in [0.1, 0.15) is 245 Å². The molecule has 0 aromatic heterocycles. The third-order valence-electron chi connectivity index (χ3n) is 11.9. The van der Waals surface area contributed by atoms with Crippen LogP contribution < -0.4 is 0 Å². The molecule has 72 heavy (non-hydrogen) atoms. The molecule has 0 bridgehead atoms. The van der Waals surface area contributed by atoms with E-state index in [0.29, 0.717) is 19.3 Å². The average Bonchev–Trinajstić information content (AvgIpc) is 3.38. The quantitative estimate of drug-likeness (QED) is 0.0261. The Morgan fingerprint density at radius 3 is 0.861 bits per heavy atom. The van der Waals surface area contributed by atoms with Crippen molar-refractivity contribution in [2.45, 2.75) is 252 Å². The molecule has 1 unspecified atom stereocenters. The highest BCUT2D eigenvalue weighted by atomic mass is 16.6. The molecular weight excluding hydrogens is 889 g/mol. The predicted molar refractivity (Wildman–Crippen MR) is 311 cm³/mol. The maximum absolute atomic E-state index is 12.9. The smallest absolute Gasteiger partial charge is 0.306 e. The van der Waals surface area contributed by atoms with Crippen LogP contribution in [0.15, 0.2) is 134 Å². The molecule has 1 atom stereocenters. The zero-order valence-corrected chi connectivity index (χ0v) is 46.4. The van der Waals surface area contributed by atoms with E-state index in [1.807, 2.05) is 0 Å². The van der Waals surface area contributed by atoms with E-state index in [2.05, 4.69) is 154 Å². The van der Waals surface area contributed by atoms with Crippen molar-refractivity contribution in [3.05, 3.63) is 134 Å². The van der Waals surface area contributed by atoms with Gasteiger partial charge >= 0.3 is 17.9 Å². The number of allylic oxidation sites excluding steroid dienone is 22. The van der Waals surface area contributed by atoms with Crippen LogP contribution in [0.5, 0.6) is 0 Å². The zero-order valence-electron chi connectivity index (χ0n) is 46.4. The standard InChI is InChI=1S/C66H106O6/c1-4-7-10-13-16-19-22-25-27-29-31-32-33-34-35-37-38-41-44-47-50-53-56-59-65(68)71-62-63(61-70-64(67)58-55-52-49-46-43-40-24-21-18-15-12-9-6-3)72-66(69)60-57-54-51-48-45-42-39-36-30-28-26-23-20-17-14-11-8-5-2/h7,9-10,12,16,18-21,23,25,27-28,30-32,34-35,38,40-41,43,63H,4-6,8,11,13-15,17,22,24,26,29,33,36-37,39,42,44-62H2,1-3H3/b10-7-,12-9-,19-16-,21-18-,23-20-,27-25-,30-28-,32-31-,35-34-,41-38-,43-40-.